The number of rotatable bonds is 5. The molecule has 0 saturated carbocycles. The fourth-order valence-corrected chi connectivity index (χ4v) is 3.45. The highest BCUT2D eigenvalue weighted by molar-refractivity contribution is 7.12. The molecule has 0 unspecified atom stereocenters. The largest absolute Gasteiger partial charge is 0.451 e. The number of nitrogens with zero attached hydrogens (tertiary/aromatic N) is 2. The summed E-state index contributed by atoms with van der Waals surface area (Å²) in [6.07, 6.45) is 0. The Kier molecular flexibility index (Phi) is 4.99. The van der Waals surface area contributed by atoms with E-state index in [0.717, 1.165) is 16.7 Å². The summed E-state index contributed by atoms with van der Waals surface area (Å²) in [7, 11) is 0. The summed E-state index contributed by atoms with van der Waals surface area (Å²) in [6.45, 7) is 1.87. The summed E-state index contributed by atoms with van der Waals surface area (Å²) in [6, 6.07) is 15.4. The molecule has 2 aromatic heterocycles. The van der Waals surface area contributed by atoms with E-state index in [2.05, 4.69) is 10.2 Å². The summed E-state index contributed by atoms with van der Waals surface area (Å²) in [5.41, 5.74) is 3.37. The molecule has 4 rings (SSSR count). The molecular weight excluding hydrogens is 379 g/mol. The zero-order valence-corrected chi connectivity index (χ0v) is 15.7. The molecule has 4 aromatic rings. The number of ether oxygens (including phenoxy) is 1. The third kappa shape index (κ3) is 3.84. The SMILES string of the molecule is Cc1ccc(-c2nnc(COC(=O)c3sccc3-c3ccc(F)cc3)o2)cc1. The number of halogens is 1. The molecule has 0 saturated heterocycles. The second-order valence-corrected chi connectivity index (χ2v) is 7.03. The normalized spacial score (nSPS) is 10.8. The predicted molar refractivity (Wildman–Crippen MR) is 103 cm³/mol. The highest BCUT2D eigenvalue weighted by Gasteiger charge is 2.18. The number of benzene rings is 2. The molecule has 2 aromatic carbocycles. The lowest BCUT2D eigenvalue weighted by Crippen LogP contribution is -2.04. The van der Waals surface area contributed by atoms with E-state index in [9.17, 15) is 9.18 Å². The molecule has 0 aliphatic heterocycles. The summed E-state index contributed by atoms with van der Waals surface area (Å²) in [5.74, 6) is -0.244. The van der Waals surface area contributed by atoms with Crippen LogP contribution in [0.2, 0.25) is 0 Å². The van der Waals surface area contributed by atoms with Gasteiger partial charge in [-0.1, -0.05) is 29.8 Å². The van der Waals surface area contributed by atoms with Crippen molar-refractivity contribution in [2.75, 3.05) is 0 Å². The molecule has 0 amide bonds. The number of thiophene rings is 1. The summed E-state index contributed by atoms with van der Waals surface area (Å²) < 4.78 is 24.0. The van der Waals surface area contributed by atoms with Crippen LogP contribution in [0.1, 0.15) is 21.1 Å². The van der Waals surface area contributed by atoms with Crippen LogP contribution >= 0.6 is 11.3 Å². The van der Waals surface area contributed by atoms with Crippen molar-refractivity contribution in [3.8, 4) is 22.6 Å². The van der Waals surface area contributed by atoms with Crippen molar-refractivity contribution in [2.45, 2.75) is 13.5 Å². The first kappa shape index (κ1) is 18.1. The van der Waals surface area contributed by atoms with E-state index in [4.69, 9.17) is 9.15 Å². The van der Waals surface area contributed by atoms with E-state index in [0.29, 0.717) is 16.3 Å². The van der Waals surface area contributed by atoms with Gasteiger partial charge in [0.15, 0.2) is 6.61 Å². The summed E-state index contributed by atoms with van der Waals surface area (Å²) in [5, 5.41) is 9.70. The second kappa shape index (κ2) is 7.74. The lowest BCUT2D eigenvalue weighted by atomic mass is 10.1. The maximum atomic E-state index is 13.1. The molecule has 0 aliphatic rings. The molecule has 0 N–H and O–H groups in total. The average Bonchev–Trinajstić information content (AvgIpc) is 3.37. The standard InChI is InChI=1S/C21H15FN2O3S/c1-13-2-4-15(5-3-13)20-24-23-18(27-20)12-26-21(25)19-17(10-11-28-19)14-6-8-16(22)9-7-14/h2-11H,12H2,1H3. The van der Waals surface area contributed by atoms with Crippen LogP contribution < -0.4 is 0 Å². The van der Waals surface area contributed by atoms with E-state index in [-0.39, 0.29) is 18.3 Å². The fourth-order valence-electron chi connectivity index (χ4n) is 2.64. The number of aryl methyl sites for hydroxylation is 1. The van der Waals surface area contributed by atoms with Gasteiger partial charge >= 0.3 is 5.97 Å². The molecular formula is C21H15FN2O3S. The van der Waals surface area contributed by atoms with Gasteiger partial charge in [-0.05, 0) is 48.2 Å². The molecule has 0 radical (unpaired) electrons. The Labute approximate surface area is 164 Å². The van der Waals surface area contributed by atoms with E-state index in [1.807, 2.05) is 31.2 Å². The van der Waals surface area contributed by atoms with Crippen LogP contribution in [0.15, 0.2) is 64.4 Å². The van der Waals surface area contributed by atoms with Crippen molar-refractivity contribution in [3.63, 3.8) is 0 Å². The van der Waals surface area contributed by atoms with Gasteiger partial charge in [-0.15, -0.1) is 21.5 Å². The van der Waals surface area contributed by atoms with Gasteiger partial charge in [0.05, 0.1) is 0 Å². The van der Waals surface area contributed by atoms with Gasteiger partial charge in [-0.2, -0.15) is 0 Å². The molecule has 5 nitrogen and oxygen atoms in total. The number of aromatic nitrogens is 2. The van der Waals surface area contributed by atoms with Crippen molar-refractivity contribution >= 4 is 17.3 Å². The van der Waals surface area contributed by atoms with Gasteiger partial charge in [-0.25, -0.2) is 9.18 Å². The number of carbonyl (C=O) groups is 1. The lowest BCUT2D eigenvalue weighted by Gasteiger charge is -2.04. The zero-order valence-electron chi connectivity index (χ0n) is 14.9. The first-order valence-electron chi connectivity index (χ1n) is 8.50. The second-order valence-electron chi connectivity index (χ2n) is 6.11. The van der Waals surface area contributed by atoms with Crippen LogP contribution in [0.25, 0.3) is 22.6 Å². The molecule has 7 heteroatoms. The maximum absolute atomic E-state index is 13.1. The molecule has 0 atom stereocenters. The van der Waals surface area contributed by atoms with Crippen LogP contribution in [-0.2, 0) is 11.3 Å². The molecule has 28 heavy (non-hydrogen) atoms. The lowest BCUT2D eigenvalue weighted by molar-refractivity contribution is 0.0445. The minimum atomic E-state index is -0.496. The van der Waals surface area contributed by atoms with Crippen molar-refractivity contribution in [1.29, 1.82) is 0 Å². The van der Waals surface area contributed by atoms with Gasteiger partial charge < -0.3 is 9.15 Å². The highest BCUT2D eigenvalue weighted by Crippen LogP contribution is 2.29. The molecule has 0 spiro atoms. The van der Waals surface area contributed by atoms with Crippen molar-refractivity contribution in [2.24, 2.45) is 0 Å². The third-order valence-electron chi connectivity index (χ3n) is 4.10. The van der Waals surface area contributed by atoms with Gasteiger partial charge in [-0.3, -0.25) is 0 Å². The van der Waals surface area contributed by atoms with Crippen molar-refractivity contribution < 1.29 is 18.3 Å². The van der Waals surface area contributed by atoms with Crippen LogP contribution in [0.5, 0.6) is 0 Å². The molecule has 0 bridgehead atoms. The van der Waals surface area contributed by atoms with Crippen molar-refractivity contribution in [1.82, 2.24) is 10.2 Å². The number of hydrogen-bond acceptors (Lipinski definition) is 6. The Morgan fingerprint density at radius 3 is 2.50 bits per heavy atom. The van der Waals surface area contributed by atoms with E-state index in [1.54, 1.807) is 23.6 Å². The Bertz CT molecular complexity index is 1100. The quantitative estimate of drug-likeness (QED) is 0.432. The molecule has 2 heterocycles. The number of hydrogen-bond donors (Lipinski definition) is 0. The van der Waals surface area contributed by atoms with E-state index < -0.39 is 5.97 Å². The predicted octanol–water partition coefficient (Wildman–Crippen LogP) is 5.27. The Morgan fingerprint density at radius 2 is 1.75 bits per heavy atom. The first-order chi connectivity index (χ1) is 13.6. The number of esters is 1. The zero-order chi connectivity index (χ0) is 19.5. The van der Waals surface area contributed by atoms with E-state index in [1.165, 1.54) is 23.5 Å². The van der Waals surface area contributed by atoms with E-state index >= 15 is 0 Å². The van der Waals surface area contributed by atoms with Crippen LogP contribution in [-0.4, -0.2) is 16.2 Å². The summed E-state index contributed by atoms with van der Waals surface area (Å²) in [4.78, 5) is 12.9. The minimum absolute atomic E-state index is 0.127. The molecule has 140 valence electrons. The highest BCUT2D eigenvalue weighted by atomic mass is 32.1. The summed E-state index contributed by atoms with van der Waals surface area (Å²) >= 11 is 1.26. The van der Waals surface area contributed by atoms with Crippen LogP contribution in [0.3, 0.4) is 0 Å². The molecule has 0 aliphatic carbocycles. The van der Waals surface area contributed by atoms with Crippen LogP contribution in [0.4, 0.5) is 4.39 Å². The van der Waals surface area contributed by atoms with Gasteiger partial charge in [0.2, 0.25) is 5.89 Å². The molecule has 0 fully saturated rings. The average molecular weight is 394 g/mol. The first-order valence-corrected chi connectivity index (χ1v) is 9.38. The number of carbonyl (C=O) groups excluding carboxylic acids is 1. The fraction of sp³-hybridized carbons (Fsp3) is 0.0952. The van der Waals surface area contributed by atoms with Gasteiger partial charge in [0.1, 0.15) is 10.7 Å². The monoisotopic (exact) mass is 394 g/mol. The van der Waals surface area contributed by atoms with Crippen LogP contribution in [0, 0.1) is 12.7 Å². The Balaban J connectivity index is 1.45. The topological polar surface area (TPSA) is 65.2 Å². The Morgan fingerprint density at radius 1 is 1.04 bits per heavy atom. The van der Waals surface area contributed by atoms with Crippen molar-refractivity contribution in [3.05, 3.63) is 82.1 Å². The van der Waals surface area contributed by atoms with Gasteiger partial charge in [0, 0.05) is 11.1 Å². The minimum Gasteiger partial charge on any atom is -0.451 e. The smallest absolute Gasteiger partial charge is 0.349 e. The Hall–Kier alpha value is -3.32. The third-order valence-corrected chi connectivity index (χ3v) is 4.99. The van der Waals surface area contributed by atoms with Gasteiger partial charge in [0.25, 0.3) is 5.89 Å². The maximum Gasteiger partial charge on any atom is 0.349 e.